The standard InChI is InChI=1S/C11H18N2/c1-7(2)11-8(3)9(4)12-13(11)10-5-6-10/h7,10H,5-6H2,1-4H3. The van der Waals surface area contributed by atoms with E-state index in [4.69, 9.17) is 0 Å². The third-order valence-electron chi connectivity index (χ3n) is 2.87. The highest BCUT2D eigenvalue weighted by Gasteiger charge is 2.28. The van der Waals surface area contributed by atoms with Crippen LogP contribution in [-0.2, 0) is 0 Å². The highest BCUT2D eigenvalue weighted by molar-refractivity contribution is 5.27. The molecule has 0 unspecified atom stereocenters. The van der Waals surface area contributed by atoms with Gasteiger partial charge < -0.3 is 0 Å². The monoisotopic (exact) mass is 178 g/mol. The molecule has 0 radical (unpaired) electrons. The third-order valence-corrected chi connectivity index (χ3v) is 2.87. The van der Waals surface area contributed by atoms with Crippen LogP contribution >= 0.6 is 0 Å². The molecule has 0 aliphatic heterocycles. The summed E-state index contributed by atoms with van der Waals surface area (Å²) in [5.74, 6) is 0.599. The molecule has 1 heterocycles. The average molecular weight is 178 g/mol. The van der Waals surface area contributed by atoms with Crippen molar-refractivity contribution in [3.05, 3.63) is 17.0 Å². The van der Waals surface area contributed by atoms with Crippen molar-refractivity contribution >= 4 is 0 Å². The molecule has 1 aromatic heterocycles. The van der Waals surface area contributed by atoms with Gasteiger partial charge in [-0.25, -0.2) is 0 Å². The Morgan fingerprint density at radius 1 is 1.31 bits per heavy atom. The normalized spacial score (nSPS) is 17.0. The van der Waals surface area contributed by atoms with E-state index in [1.54, 1.807) is 0 Å². The molecule has 0 saturated heterocycles. The van der Waals surface area contributed by atoms with Gasteiger partial charge in [-0.15, -0.1) is 0 Å². The van der Waals surface area contributed by atoms with Crippen molar-refractivity contribution in [1.29, 1.82) is 0 Å². The van der Waals surface area contributed by atoms with E-state index >= 15 is 0 Å². The lowest BCUT2D eigenvalue weighted by atomic mass is 10.1. The molecule has 2 rings (SSSR count). The maximum Gasteiger partial charge on any atom is 0.0625 e. The first-order chi connectivity index (χ1) is 6.11. The van der Waals surface area contributed by atoms with E-state index in [1.807, 2.05) is 0 Å². The number of hydrogen-bond donors (Lipinski definition) is 0. The van der Waals surface area contributed by atoms with Gasteiger partial charge in [-0.05, 0) is 38.2 Å². The van der Waals surface area contributed by atoms with Gasteiger partial charge in [0, 0.05) is 5.69 Å². The summed E-state index contributed by atoms with van der Waals surface area (Å²) < 4.78 is 2.26. The van der Waals surface area contributed by atoms with Crippen LogP contribution in [0, 0.1) is 13.8 Å². The molecule has 1 aliphatic carbocycles. The zero-order valence-corrected chi connectivity index (χ0v) is 8.96. The van der Waals surface area contributed by atoms with Crippen molar-refractivity contribution in [2.75, 3.05) is 0 Å². The summed E-state index contributed by atoms with van der Waals surface area (Å²) in [5.41, 5.74) is 4.04. The molecule has 0 atom stereocenters. The fourth-order valence-corrected chi connectivity index (χ4v) is 1.94. The van der Waals surface area contributed by atoms with Crippen molar-refractivity contribution in [1.82, 2.24) is 9.78 Å². The van der Waals surface area contributed by atoms with Crippen LogP contribution in [0.15, 0.2) is 0 Å². The largest absolute Gasteiger partial charge is 0.266 e. The molecule has 1 saturated carbocycles. The van der Waals surface area contributed by atoms with E-state index < -0.39 is 0 Å². The lowest BCUT2D eigenvalue weighted by molar-refractivity contribution is 0.579. The second-order valence-electron chi connectivity index (χ2n) is 4.43. The minimum atomic E-state index is 0.599. The predicted octanol–water partition coefficient (Wildman–Crippen LogP) is 2.96. The van der Waals surface area contributed by atoms with E-state index in [0.717, 1.165) is 0 Å². The smallest absolute Gasteiger partial charge is 0.0625 e. The lowest BCUT2D eigenvalue weighted by Gasteiger charge is -2.09. The predicted molar refractivity (Wildman–Crippen MR) is 54.1 cm³/mol. The van der Waals surface area contributed by atoms with Crippen LogP contribution in [0.2, 0.25) is 0 Å². The summed E-state index contributed by atoms with van der Waals surface area (Å²) in [5, 5.41) is 4.61. The van der Waals surface area contributed by atoms with Gasteiger partial charge in [-0.2, -0.15) is 5.10 Å². The Balaban J connectivity index is 2.47. The molecule has 2 nitrogen and oxygen atoms in total. The lowest BCUT2D eigenvalue weighted by Crippen LogP contribution is -2.04. The van der Waals surface area contributed by atoms with Gasteiger partial charge in [-0.3, -0.25) is 4.68 Å². The molecular formula is C11H18N2. The highest BCUT2D eigenvalue weighted by atomic mass is 15.3. The first kappa shape index (κ1) is 8.79. The Morgan fingerprint density at radius 3 is 2.38 bits per heavy atom. The summed E-state index contributed by atoms with van der Waals surface area (Å²) in [6.07, 6.45) is 2.64. The zero-order chi connectivity index (χ0) is 9.59. The molecule has 2 heteroatoms. The average Bonchev–Trinajstić information content (AvgIpc) is 2.80. The van der Waals surface area contributed by atoms with E-state index in [0.29, 0.717) is 12.0 Å². The molecule has 0 amide bonds. The Kier molecular flexibility index (Phi) is 1.94. The second-order valence-corrected chi connectivity index (χ2v) is 4.43. The fraction of sp³-hybridized carbons (Fsp3) is 0.727. The van der Waals surface area contributed by atoms with Crippen molar-refractivity contribution < 1.29 is 0 Å². The Hall–Kier alpha value is -0.790. The topological polar surface area (TPSA) is 17.8 Å². The highest BCUT2D eigenvalue weighted by Crippen LogP contribution is 2.38. The van der Waals surface area contributed by atoms with Crippen molar-refractivity contribution in [2.45, 2.75) is 52.5 Å². The van der Waals surface area contributed by atoms with Crippen LogP contribution in [0.1, 0.15) is 55.6 Å². The minimum absolute atomic E-state index is 0.599. The molecular weight excluding hydrogens is 160 g/mol. The van der Waals surface area contributed by atoms with Gasteiger partial charge in [-0.1, -0.05) is 13.8 Å². The van der Waals surface area contributed by atoms with Gasteiger partial charge in [0.05, 0.1) is 11.7 Å². The van der Waals surface area contributed by atoms with E-state index in [9.17, 15) is 0 Å². The molecule has 0 aromatic carbocycles. The molecule has 1 fully saturated rings. The Labute approximate surface area is 80.0 Å². The number of nitrogens with zero attached hydrogens (tertiary/aromatic N) is 2. The molecule has 0 bridgehead atoms. The number of aryl methyl sites for hydroxylation is 1. The van der Waals surface area contributed by atoms with E-state index in [1.165, 1.54) is 29.8 Å². The van der Waals surface area contributed by atoms with E-state index in [-0.39, 0.29) is 0 Å². The van der Waals surface area contributed by atoms with Crippen molar-refractivity contribution in [2.24, 2.45) is 0 Å². The molecule has 0 N–H and O–H groups in total. The second kappa shape index (κ2) is 2.86. The van der Waals surface area contributed by atoms with Gasteiger partial charge in [0.25, 0.3) is 0 Å². The van der Waals surface area contributed by atoms with Gasteiger partial charge in [0.1, 0.15) is 0 Å². The minimum Gasteiger partial charge on any atom is -0.266 e. The van der Waals surface area contributed by atoms with Crippen molar-refractivity contribution in [3.63, 3.8) is 0 Å². The number of rotatable bonds is 2. The molecule has 72 valence electrons. The summed E-state index contributed by atoms with van der Waals surface area (Å²) in [6.45, 7) is 8.81. The fourth-order valence-electron chi connectivity index (χ4n) is 1.94. The number of hydrogen-bond acceptors (Lipinski definition) is 1. The molecule has 13 heavy (non-hydrogen) atoms. The maximum absolute atomic E-state index is 4.61. The molecule has 1 aliphatic rings. The third kappa shape index (κ3) is 1.38. The van der Waals surface area contributed by atoms with Gasteiger partial charge in [0.15, 0.2) is 0 Å². The first-order valence-electron chi connectivity index (χ1n) is 5.17. The summed E-state index contributed by atoms with van der Waals surface area (Å²) in [4.78, 5) is 0. The number of aromatic nitrogens is 2. The zero-order valence-electron chi connectivity index (χ0n) is 8.96. The summed E-state index contributed by atoms with van der Waals surface area (Å²) >= 11 is 0. The first-order valence-corrected chi connectivity index (χ1v) is 5.17. The molecule has 1 aromatic rings. The van der Waals surface area contributed by atoms with Crippen LogP contribution < -0.4 is 0 Å². The Bertz CT molecular complexity index is 319. The van der Waals surface area contributed by atoms with Crippen LogP contribution in [0.5, 0.6) is 0 Å². The summed E-state index contributed by atoms with van der Waals surface area (Å²) in [6, 6.07) is 0.713. The molecule has 0 spiro atoms. The van der Waals surface area contributed by atoms with Gasteiger partial charge >= 0.3 is 0 Å². The SMILES string of the molecule is Cc1nn(C2CC2)c(C(C)C)c1C. The van der Waals surface area contributed by atoms with Gasteiger partial charge in [0.2, 0.25) is 0 Å². The quantitative estimate of drug-likeness (QED) is 0.680. The maximum atomic E-state index is 4.61. The van der Waals surface area contributed by atoms with Crippen molar-refractivity contribution in [3.8, 4) is 0 Å². The Morgan fingerprint density at radius 2 is 1.92 bits per heavy atom. The van der Waals surface area contributed by atoms with Crippen LogP contribution in [0.3, 0.4) is 0 Å². The van der Waals surface area contributed by atoms with Crippen LogP contribution in [0.25, 0.3) is 0 Å². The van der Waals surface area contributed by atoms with Crippen LogP contribution in [-0.4, -0.2) is 9.78 Å². The van der Waals surface area contributed by atoms with E-state index in [2.05, 4.69) is 37.5 Å². The summed E-state index contributed by atoms with van der Waals surface area (Å²) in [7, 11) is 0. The van der Waals surface area contributed by atoms with Crippen LogP contribution in [0.4, 0.5) is 0 Å².